The third-order valence-electron chi connectivity index (χ3n) is 6.20. The van der Waals surface area contributed by atoms with Gasteiger partial charge in [0.2, 0.25) is 0 Å². The monoisotopic (exact) mass is 524 g/mol. The average Bonchev–Trinajstić information content (AvgIpc) is 2.89. The zero-order valence-corrected chi connectivity index (χ0v) is 24.6. The molecular weight excluding hydrogens is 484 g/mol. The molecule has 0 atom stereocenters. The first-order valence-corrected chi connectivity index (χ1v) is 14.2. The third kappa shape index (κ3) is 7.78. The lowest BCUT2D eigenvalue weighted by molar-refractivity contribution is 1.04. The Morgan fingerprint density at radius 1 is 1.00 bits per heavy atom. The summed E-state index contributed by atoms with van der Waals surface area (Å²) < 4.78 is 0. The molecule has 3 aromatic rings. The molecule has 0 saturated heterocycles. The predicted octanol–water partition coefficient (Wildman–Crippen LogP) is 9.41. The van der Waals surface area contributed by atoms with Gasteiger partial charge >= 0.3 is 0 Å². The summed E-state index contributed by atoms with van der Waals surface area (Å²) in [6.45, 7) is 15.5. The van der Waals surface area contributed by atoms with Gasteiger partial charge in [-0.2, -0.15) is 0 Å². The van der Waals surface area contributed by atoms with Gasteiger partial charge in [-0.3, -0.25) is 4.98 Å². The zero-order chi connectivity index (χ0) is 27.5. The van der Waals surface area contributed by atoms with Gasteiger partial charge in [0.05, 0.1) is 11.4 Å². The summed E-state index contributed by atoms with van der Waals surface area (Å²) in [5, 5.41) is 5.67. The fraction of sp³-hybridized carbons (Fsp3) is 0.303. The molecule has 0 radical (unpaired) electrons. The number of hydrogen-bond donors (Lipinski definition) is 1. The summed E-state index contributed by atoms with van der Waals surface area (Å²) in [5.74, 6) is 0.840. The Balaban J connectivity index is 1.81. The van der Waals surface area contributed by atoms with Crippen LogP contribution in [0.3, 0.4) is 0 Å². The van der Waals surface area contributed by atoms with Crippen LogP contribution in [0.2, 0.25) is 0 Å². The number of benzene rings is 1. The molecule has 0 amide bonds. The van der Waals surface area contributed by atoms with Crippen LogP contribution in [-0.4, -0.2) is 15.0 Å². The van der Waals surface area contributed by atoms with Gasteiger partial charge < -0.3 is 5.32 Å². The Bertz CT molecular complexity index is 1370. The molecule has 1 aromatic carbocycles. The van der Waals surface area contributed by atoms with Crippen LogP contribution in [0.5, 0.6) is 0 Å². The molecule has 0 aliphatic heterocycles. The van der Waals surface area contributed by atoms with E-state index in [4.69, 9.17) is 4.98 Å². The standard InChI is InChI=1S/C33H40N4S/c1-8-11-16-38-30-19-29(15-14-24(30)5)32-26(7)33(37-22-36-32)35-21-27-18-25(6)31(34-20-27)28(13-10-3)17-23(4)12-9-2/h10-20,22H,8-9,21H2,1-7H3,(H,35,36,37)/b13-10-,16-11-,23-12+,28-17+. The molecule has 0 fully saturated rings. The van der Waals surface area contributed by atoms with E-state index in [1.54, 1.807) is 18.1 Å². The fourth-order valence-corrected chi connectivity index (χ4v) is 5.11. The van der Waals surface area contributed by atoms with Crippen molar-refractivity contribution in [3.8, 4) is 11.3 Å². The molecule has 198 valence electrons. The van der Waals surface area contributed by atoms with Crippen molar-refractivity contribution in [2.75, 3.05) is 5.32 Å². The van der Waals surface area contributed by atoms with Crippen LogP contribution in [0, 0.1) is 20.8 Å². The van der Waals surface area contributed by atoms with Gasteiger partial charge in [-0.15, -0.1) is 0 Å². The van der Waals surface area contributed by atoms with Gasteiger partial charge in [0.25, 0.3) is 0 Å². The number of hydrogen-bond acceptors (Lipinski definition) is 5. The molecular formula is C33H40N4S. The van der Waals surface area contributed by atoms with Crippen molar-refractivity contribution in [2.45, 2.75) is 72.7 Å². The molecule has 0 saturated carbocycles. The molecule has 4 nitrogen and oxygen atoms in total. The van der Waals surface area contributed by atoms with Crippen molar-refractivity contribution in [2.24, 2.45) is 0 Å². The van der Waals surface area contributed by atoms with Gasteiger partial charge in [-0.1, -0.05) is 79.8 Å². The highest BCUT2D eigenvalue weighted by atomic mass is 32.2. The molecule has 0 spiro atoms. The van der Waals surface area contributed by atoms with Crippen LogP contribution >= 0.6 is 11.8 Å². The second kappa shape index (κ2) is 14.5. The van der Waals surface area contributed by atoms with Crippen LogP contribution < -0.4 is 5.32 Å². The maximum Gasteiger partial charge on any atom is 0.133 e. The number of thioether (sulfide) groups is 1. The Morgan fingerprint density at radius 3 is 2.53 bits per heavy atom. The molecule has 2 aromatic heterocycles. The van der Waals surface area contributed by atoms with Crippen molar-refractivity contribution in [1.29, 1.82) is 0 Å². The molecule has 0 unspecified atom stereocenters. The molecule has 2 heterocycles. The van der Waals surface area contributed by atoms with Gasteiger partial charge in [0, 0.05) is 34.3 Å². The highest BCUT2D eigenvalue weighted by Gasteiger charge is 2.12. The lowest BCUT2D eigenvalue weighted by atomic mass is 10.0. The molecule has 1 N–H and O–H groups in total. The van der Waals surface area contributed by atoms with E-state index in [9.17, 15) is 0 Å². The smallest absolute Gasteiger partial charge is 0.133 e. The van der Waals surface area contributed by atoms with Crippen LogP contribution in [0.25, 0.3) is 16.8 Å². The van der Waals surface area contributed by atoms with Crippen LogP contribution in [0.1, 0.15) is 68.5 Å². The number of allylic oxidation sites excluding steroid dienone is 7. The number of anilines is 1. The summed E-state index contributed by atoms with van der Waals surface area (Å²) in [7, 11) is 0. The fourth-order valence-electron chi connectivity index (χ4n) is 4.23. The van der Waals surface area contributed by atoms with Gasteiger partial charge in [-0.25, -0.2) is 9.97 Å². The van der Waals surface area contributed by atoms with Crippen LogP contribution in [0.4, 0.5) is 5.82 Å². The average molecular weight is 525 g/mol. The van der Waals surface area contributed by atoms with Crippen molar-refractivity contribution in [1.82, 2.24) is 15.0 Å². The number of pyridine rings is 1. The van der Waals surface area contributed by atoms with E-state index < -0.39 is 0 Å². The van der Waals surface area contributed by atoms with E-state index in [1.165, 1.54) is 16.0 Å². The number of aryl methyl sites for hydroxylation is 2. The lowest BCUT2D eigenvalue weighted by Gasteiger charge is -2.14. The number of aromatic nitrogens is 3. The van der Waals surface area contributed by atoms with Gasteiger partial charge in [-0.05, 0) is 75.6 Å². The highest BCUT2D eigenvalue weighted by Crippen LogP contribution is 2.31. The second-order valence-corrected chi connectivity index (χ2v) is 10.3. The summed E-state index contributed by atoms with van der Waals surface area (Å²) in [6, 6.07) is 8.73. The highest BCUT2D eigenvalue weighted by molar-refractivity contribution is 8.02. The molecule has 0 aliphatic carbocycles. The SMILES string of the molecule is C\C=C/C(=C\C(C)=C\CC)c1ncc(CNc2ncnc(-c3ccc(C)c(S/C=C\CC)c3)c2C)cc1C. The largest absolute Gasteiger partial charge is 0.366 e. The maximum atomic E-state index is 4.83. The second-order valence-electron chi connectivity index (χ2n) is 9.39. The Hall–Kier alpha value is -3.44. The van der Waals surface area contributed by atoms with E-state index in [1.807, 2.05) is 13.1 Å². The molecule has 38 heavy (non-hydrogen) atoms. The van der Waals surface area contributed by atoms with Crippen molar-refractivity contribution < 1.29 is 0 Å². The van der Waals surface area contributed by atoms with Crippen molar-refractivity contribution >= 4 is 23.2 Å². The minimum absolute atomic E-state index is 0.639. The van der Waals surface area contributed by atoms with Gasteiger partial charge in [0.1, 0.15) is 12.1 Å². The first-order chi connectivity index (χ1) is 18.4. The van der Waals surface area contributed by atoms with Gasteiger partial charge in [0.15, 0.2) is 0 Å². The molecule has 0 aliphatic rings. The minimum Gasteiger partial charge on any atom is -0.366 e. The third-order valence-corrected chi connectivity index (χ3v) is 7.22. The Kier molecular flexibility index (Phi) is 11.1. The van der Waals surface area contributed by atoms with E-state index in [0.29, 0.717) is 6.54 Å². The number of nitrogens with one attached hydrogen (secondary N) is 1. The van der Waals surface area contributed by atoms with Crippen LogP contribution in [0.15, 0.2) is 83.0 Å². The van der Waals surface area contributed by atoms with E-state index >= 15 is 0 Å². The Labute approximate surface area is 233 Å². The summed E-state index contributed by atoms with van der Waals surface area (Å²) in [4.78, 5) is 15.2. The van der Waals surface area contributed by atoms with Crippen molar-refractivity contribution in [3.63, 3.8) is 0 Å². The number of rotatable bonds is 11. The van der Waals surface area contributed by atoms with E-state index in [0.717, 1.165) is 57.9 Å². The van der Waals surface area contributed by atoms with Crippen molar-refractivity contribution in [3.05, 3.63) is 106 Å². The molecule has 5 heteroatoms. The zero-order valence-electron chi connectivity index (χ0n) is 23.8. The summed E-state index contributed by atoms with van der Waals surface area (Å²) >= 11 is 1.75. The first-order valence-electron chi connectivity index (χ1n) is 13.3. The summed E-state index contributed by atoms with van der Waals surface area (Å²) in [5.41, 5.74) is 10.0. The predicted molar refractivity (Wildman–Crippen MR) is 165 cm³/mol. The summed E-state index contributed by atoms with van der Waals surface area (Å²) in [6.07, 6.45) is 16.5. The minimum atomic E-state index is 0.639. The molecule has 0 bridgehead atoms. The topological polar surface area (TPSA) is 50.7 Å². The number of nitrogens with zero attached hydrogens (tertiary/aromatic N) is 3. The first kappa shape index (κ1) is 29.1. The van der Waals surface area contributed by atoms with E-state index in [-0.39, 0.29) is 0 Å². The Morgan fingerprint density at radius 2 is 1.82 bits per heavy atom. The quantitative estimate of drug-likeness (QED) is 0.200. The van der Waals surface area contributed by atoms with E-state index in [2.05, 4.69) is 117 Å². The maximum absolute atomic E-state index is 4.83. The normalized spacial score (nSPS) is 12.6. The lowest BCUT2D eigenvalue weighted by Crippen LogP contribution is -2.06. The van der Waals surface area contributed by atoms with Crippen LogP contribution in [-0.2, 0) is 6.54 Å². The molecule has 3 rings (SSSR count).